The van der Waals surface area contributed by atoms with Crippen molar-refractivity contribution in [3.63, 3.8) is 0 Å². The van der Waals surface area contributed by atoms with Crippen molar-refractivity contribution in [3.8, 4) is 22.1 Å². The Morgan fingerprint density at radius 3 is 2.62 bits per heavy atom. The second-order valence-electron chi connectivity index (χ2n) is 5.09. The van der Waals surface area contributed by atoms with E-state index >= 15 is 0 Å². The normalized spacial score (nSPS) is 10.8. The largest absolute Gasteiger partial charge is 0.493 e. The molecule has 6 nitrogen and oxygen atoms in total. The summed E-state index contributed by atoms with van der Waals surface area (Å²) in [6, 6.07) is 5.83. The van der Waals surface area contributed by atoms with Gasteiger partial charge in [0.1, 0.15) is 10.8 Å². The molecule has 1 aromatic carbocycles. The molecule has 3 rings (SSSR count). The highest BCUT2D eigenvalue weighted by atomic mass is 32.2. The van der Waals surface area contributed by atoms with Crippen LogP contribution in [-0.4, -0.2) is 34.0 Å². The molecule has 2 heterocycles. The van der Waals surface area contributed by atoms with Crippen molar-refractivity contribution in [2.24, 2.45) is 7.05 Å². The first kappa shape index (κ1) is 16.8. The maximum atomic E-state index is 5.36. The monoisotopic (exact) mass is 362 g/mol. The first-order chi connectivity index (χ1) is 11.6. The van der Waals surface area contributed by atoms with Crippen molar-refractivity contribution in [1.82, 2.24) is 19.7 Å². The Bertz CT molecular complexity index is 844. The molecular weight excluding hydrogens is 344 g/mol. The van der Waals surface area contributed by atoms with Crippen LogP contribution < -0.4 is 9.47 Å². The number of rotatable bonds is 6. The quantitative estimate of drug-likeness (QED) is 0.625. The Morgan fingerprint density at radius 2 is 1.96 bits per heavy atom. The topological polar surface area (TPSA) is 62.1 Å². The average Bonchev–Trinajstić information content (AvgIpc) is 3.20. The summed E-state index contributed by atoms with van der Waals surface area (Å²) in [6.45, 7) is 1.94. The zero-order chi connectivity index (χ0) is 17.1. The lowest BCUT2D eigenvalue weighted by Gasteiger charge is -2.08. The average molecular weight is 362 g/mol. The van der Waals surface area contributed by atoms with E-state index in [-0.39, 0.29) is 0 Å². The van der Waals surface area contributed by atoms with Gasteiger partial charge in [-0.1, -0.05) is 11.8 Å². The zero-order valence-corrected chi connectivity index (χ0v) is 15.6. The van der Waals surface area contributed by atoms with Crippen molar-refractivity contribution < 1.29 is 9.47 Å². The first-order valence-electron chi connectivity index (χ1n) is 7.28. The van der Waals surface area contributed by atoms with Crippen LogP contribution in [0.5, 0.6) is 11.5 Å². The number of aryl methyl sites for hydroxylation is 1. The number of thiazole rings is 1. The Kier molecular flexibility index (Phi) is 5.06. The second-order valence-corrected chi connectivity index (χ2v) is 6.89. The molecule has 0 aliphatic carbocycles. The SMILES string of the molecule is COc1ccc(-c2nc(CSc3nnc(C)n3C)cs2)cc1OC. The minimum Gasteiger partial charge on any atom is -0.493 e. The van der Waals surface area contributed by atoms with Gasteiger partial charge in [0.15, 0.2) is 16.7 Å². The number of aromatic nitrogens is 4. The zero-order valence-electron chi connectivity index (χ0n) is 13.9. The highest BCUT2D eigenvalue weighted by molar-refractivity contribution is 7.98. The van der Waals surface area contributed by atoms with E-state index in [1.54, 1.807) is 37.3 Å². The minimum atomic E-state index is 0.704. The highest BCUT2D eigenvalue weighted by Crippen LogP contribution is 2.34. The molecule has 0 bridgehead atoms. The number of ether oxygens (including phenoxy) is 2. The molecule has 126 valence electrons. The third kappa shape index (κ3) is 3.39. The standard InChI is InChI=1S/C16H18N4O2S2/c1-10-18-19-16(20(10)2)24-9-12-8-23-15(17-12)11-5-6-13(21-3)14(7-11)22-4/h5-8H,9H2,1-4H3. The van der Waals surface area contributed by atoms with E-state index in [0.717, 1.165) is 33.0 Å². The molecule has 0 aliphatic heterocycles. The molecule has 0 N–H and O–H groups in total. The fraction of sp³-hybridized carbons (Fsp3) is 0.312. The van der Waals surface area contributed by atoms with Crippen LogP contribution in [0.25, 0.3) is 10.6 Å². The molecule has 24 heavy (non-hydrogen) atoms. The van der Waals surface area contributed by atoms with Crippen molar-refractivity contribution in [2.45, 2.75) is 17.8 Å². The van der Waals surface area contributed by atoms with E-state index in [2.05, 4.69) is 15.6 Å². The van der Waals surface area contributed by atoms with Crippen LogP contribution >= 0.6 is 23.1 Å². The predicted octanol–water partition coefficient (Wildman–Crippen LogP) is 3.56. The molecule has 0 aliphatic rings. The van der Waals surface area contributed by atoms with E-state index < -0.39 is 0 Å². The van der Waals surface area contributed by atoms with Crippen LogP contribution in [0.3, 0.4) is 0 Å². The maximum absolute atomic E-state index is 5.36. The van der Waals surface area contributed by atoms with Crippen molar-refractivity contribution in [3.05, 3.63) is 35.1 Å². The van der Waals surface area contributed by atoms with Crippen LogP contribution in [0.1, 0.15) is 11.5 Å². The Morgan fingerprint density at radius 1 is 1.17 bits per heavy atom. The summed E-state index contributed by atoms with van der Waals surface area (Å²) in [5, 5.41) is 12.2. The molecule has 8 heteroatoms. The lowest BCUT2D eigenvalue weighted by Crippen LogP contribution is -1.94. The maximum Gasteiger partial charge on any atom is 0.191 e. The Balaban J connectivity index is 1.74. The fourth-order valence-corrected chi connectivity index (χ4v) is 3.90. The summed E-state index contributed by atoms with van der Waals surface area (Å²) in [6.07, 6.45) is 0. The third-order valence-corrected chi connectivity index (χ3v) is 5.58. The smallest absolute Gasteiger partial charge is 0.191 e. The molecule has 0 saturated heterocycles. The van der Waals surface area contributed by atoms with Gasteiger partial charge < -0.3 is 14.0 Å². The minimum absolute atomic E-state index is 0.704. The highest BCUT2D eigenvalue weighted by Gasteiger charge is 2.11. The fourth-order valence-electron chi connectivity index (χ4n) is 2.13. The van der Waals surface area contributed by atoms with E-state index in [9.17, 15) is 0 Å². The molecule has 0 fully saturated rings. The van der Waals surface area contributed by atoms with Gasteiger partial charge in [-0.05, 0) is 25.1 Å². The lowest BCUT2D eigenvalue weighted by molar-refractivity contribution is 0.355. The molecule has 0 atom stereocenters. The molecule has 2 aromatic heterocycles. The first-order valence-corrected chi connectivity index (χ1v) is 9.14. The van der Waals surface area contributed by atoms with E-state index in [4.69, 9.17) is 14.5 Å². The summed E-state index contributed by atoms with van der Waals surface area (Å²) in [4.78, 5) is 4.71. The van der Waals surface area contributed by atoms with Gasteiger partial charge >= 0.3 is 0 Å². The predicted molar refractivity (Wildman–Crippen MR) is 96.0 cm³/mol. The lowest BCUT2D eigenvalue weighted by atomic mass is 10.2. The van der Waals surface area contributed by atoms with Crippen LogP contribution in [0, 0.1) is 6.92 Å². The van der Waals surface area contributed by atoms with Crippen LogP contribution in [0.15, 0.2) is 28.7 Å². The number of hydrogen-bond acceptors (Lipinski definition) is 7. The summed E-state index contributed by atoms with van der Waals surface area (Å²) in [5.74, 6) is 3.08. The molecule has 0 amide bonds. The summed E-state index contributed by atoms with van der Waals surface area (Å²) in [5.41, 5.74) is 2.04. The molecule has 0 saturated carbocycles. The van der Waals surface area contributed by atoms with Gasteiger partial charge in [0.25, 0.3) is 0 Å². The van der Waals surface area contributed by atoms with Crippen molar-refractivity contribution in [1.29, 1.82) is 0 Å². The van der Waals surface area contributed by atoms with Gasteiger partial charge in [-0.3, -0.25) is 0 Å². The molecule has 0 radical (unpaired) electrons. The van der Waals surface area contributed by atoms with Crippen molar-refractivity contribution in [2.75, 3.05) is 14.2 Å². The summed E-state index contributed by atoms with van der Waals surface area (Å²) in [7, 11) is 5.23. The number of thioether (sulfide) groups is 1. The Hall–Kier alpha value is -2.06. The van der Waals surface area contributed by atoms with Gasteiger partial charge in [0.2, 0.25) is 0 Å². The van der Waals surface area contributed by atoms with Gasteiger partial charge in [-0.15, -0.1) is 21.5 Å². The van der Waals surface area contributed by atoms with Gasteiger partial charge in [-0.25, -0.2) is 4.98 Å². The number of hydrogen-bond donors (Lipinski definition) is 0. The second kappa shape index (κ2) is 7.23. The number of benzene rings is 1. The van der Waals surface area contributed by atoms with Crippen molar-refractivity contribution >= 4 is 23.1 Å². The molecule has 0 unspecified atom stereocenters. The molecule has 3 aromatic rings. The van der Waals surface area contributed by atoms with Gasteiger partial charge in [0.05, 0.1) is 19.9 Å². The van der Waals surface area contributed by atoms with Gasteiger partial charge in [0, 0.05) is 23.7 Å². The summed E-state index contributed by atoms with van der Waals surface area (Å²) < 4.78 is 12.6. The van der Waals surface area contributed by atoms with E-state index in [1.807, 2.05) is 36.7 Å². The Labute approximate surface area is 148 Å². The van der Waals surface area contributed by atoms with E-state index in [0.29, 0.717) is 11.5 Å². The van der Waals surface area contributed by atoms with Crippen LogP contribution in [0.4, 0.5) is 0 Å². The van der Waals surface area contributed by atoms with Gasteiger partial charge in [-0.2, -0.15) is 0 Å². The number of nitrogens with zero attached hydrogens (tertiary/aromatic N) is 4. The summed E-state index contributed by atoms with van der Waals surface area (Å²) >= 11 is 3.25. The molecular formula is C16H18N4O2S2. The van der Waals surface area contributed by atoms with Crippen LogP contribution in [-0.2, 0) is 12.8 Å². The third-order valence-electron chi connectivity index (χ3n) is 3.58. The van der Waals surface area contributed by atoms with Crippen LogP contribution in [0.2, 0.25) is 0 Å². The van der Waals surface area contributed by atoms with E-state index in [1.165, 1.54) is 0 Å². The number of methoxy groups -OCH3 is 2. The molecule has 0 spiro atoms.